The molecule has 3 aliphatic carbocycles. The number of benzene rings is 1. The van der Waals surface area contributed by atoms with Gasteiger partial charge >= 0.3 is 0 Å². The van der Waals surface area contributed by atoms with Gasteiger partial charge < -0.3 is 41.9 Å². The van der Waals surface area contributed by atoms with E-state index in [4.69, 9.17) is 18.0 Å². The Labute approximate surface area is 236 Å². The van der Waals surface area contributed by atoms with Gasteiger partial charge in [0, 0.05) is 17.0 Å². The number of carbonyl (C=O) groups is 3. The number of Topliss-reactive ketones (excluding diaryl/α,β-unsaturated/α-hetero) is 2. The quantitative estimate of drug-likeness (QED) is 0.142. The number of phenols is 1. The number of hydrogen-bond acceptors (Lipinski definition) is 10. The summed E-state index contributed by atoms with van der Waals surface area (Å²) in [5.74, 6) is -9.43. The molecule has 1 aromatic rings. The van der Waals surface area contributed by atoms with Crippen LogP contribution in [-0.2, 0) is 14.4 Å². The minimum absolute atomic E-state index is 0.119. The molecule has 1 amide bonds. The molecule has 0 saturated heterocycles. The Kier molecular flexibility index (Phi) is 7.03. The fourth-order valence-corrected chi connectivity index (χ4v) is 6.63. The number of thiocarbonyl (C=S) groups is 1. The van der Waals surface area contributed by atoms with Gasteiger partial charge in [-0.2, -0.15) is 0 Å². The molecule has 0 aromatic heterocycles. The molecule has 12 nitrogen and oxygen atoms in total. The number of nitrogens with zero attached hydrogens (tertiary/aromatic N) is 1. The summed E-state index contributed by atoms with van der Waals surface area (Å²) in [6, 6.07) is 1.73. The standard InChI is InChI=1S/C27H34N4O8S/c1-9-10-7-8-11(29-25(40)30-26(2,3)4)18(32)13(10)19(33)14-12(9)20(34)16-17(31(5)6)21(35)15(24(28)38)23(37)27(16,39)22(14)36/h7-9,12,16-17,20,32-34,37,39H,1-6H3,(H2,28,38)(H2,29,30,40)/t9-,12?,16?,17-,20?,27-/m0/s1. The van der Waals surface area contributed by atoms with Crippen LogP contribution in [0.3, 0.4) is 0 Å². The number of phenolic OH excluding ortho intramolecular Hbond substituents is 1. The van der Waals surface area contributed by atoms with Crippen molar-refractivity contribution in [2.24, 2.45) is 17.6 Å². The second-order valence-electron chi connectivity index (χ2n) is 11.8. The molecule has 0 spiro atoms. The van der Waals surface area contributed by atoms with Crippen LogP contribution in [0.25, 0.3) is 5.76 Å². The van der Waals surface area contributed by atoms with Gasteiger partial charge in [-0.1, -0.05) is 13.0 Å². The Morgan fingerprint density at radius 3 is 2.27 bits per heavy atom. The van der Waals surface area contributed by atoms with Crippen LogP contribution in [0.1, 0.15) is 44.7 Å². The van der Waals surface area contributed by atoms with Crippen molar-refractivity contribution in [2.75, 3.05) is 19.4 Å². The summed E-state index contributed by atoms with van der Waals surface area (Å²) in [6.07, 6.45) is -1.65. The number of fused-ring (bicyclic) bond motifs is 3. The summed E-state index contributed by atoms with van der Waals surface area (Å²) in [7, 11) is 2.91. The van der Waals surface area contributed by atoms with Crippen molar-refractivity contribution in [3.63, 3.8) is 0 Å². The molecule has 40 heavy (non-hydrogen) atoms. The van der Waals surface area contributed by atoms with E-state index in [1.165, 1.54) is 25.1 Å². The number of hydrogen-bond donors (Lipinski definition) is 8. The maximum atomic E-state index is 14.0. The smallest absolute Gasteiger partial charge is 0.255 e. The number of carbonyl (C=O) groups excluding carboxylic acids is 3. The first-order chi connectivity index (χ1) is 18.4. The highest BCUT2D eigenvalue weighted by Gasteiger charge is 2.68. The van der Waals surface area contributed by atoms with Gasteiger partial charge in [0.25, 0.3) is 5.91 Å². The van der Waals surface area contributed by atoms with E-state index < -0.39 is 81.4 Å². The van der Waals surface area contributed by atoms with E-state index in [0.717, 1.165) is 0 Å². The molecule has 216 valence electrons. The van der Waals surface area contributed by atoms with Crippen LogP contribution in [0.5, 0.6) is 5.75 Å². The van der Waals surface area contributed by atoms with Crippen molar-refractivity contribution >= 4 is 46.3 Å². The first kappa shape index (κ1) is 29.5. The van der Waals surface area contributed by atoms with Gasteiger partial charge in [-0.15, -0.1) is 0 Å². The van der Waals surface area contributed by atoms with E-state index in [-0.39, 0.29) is 21.9 Å². The predicted octanol–water partition coefficient (Wildman–Crippen LogP) is 0.581. The van der Waals surface area contributed by atoms with Crippen LogP contribution in [0.2, 0.25) is 0 Å². The van der Waals surface area contributed by atoms with Crippen molar-refractivity contribution in [3.8, 4) is 5.75 Å². The predicted molar refractivity (Wildman–Crippen MR) is 149 cm³/mol. The number of nitrogens with one attached hydrogen (secondary N) is 2. The summed E-state index contributed by atoms with van der Waals surface area (Å²) in [6.45, 7) is 7.32. The molecule has 0 heterocycles. The van der Waals surface area contributed by atoms with Crippen LogP contribution < -0.4 is 16.4 Å². The fourth-order valence-electron chi connectivity index (χ4n) is 6.21. The van der Waals surface area contributed by atoms with Crippen molar-refractivity contribution in [3.05, 3.63) is 40.2 Å². The minimum atomic E-state index is -2.96. The average molecular weight is 575 g/mol. The number of likely N-dealkylation sites (N-methyl/N-ethyl adjacent to an activating group) is 1. The van der Waals surface area contributed by atoms with Gasteiger partial charge in [0.15, 0.2) is 16.5 Å². The van der Waals surface area contributed by atoms with Crippen molar-refractivity contribution < 1.29 is 39.9 Å². The first-order valence-electron chi connectivity index (χ1n) is 12.6. The van der Waals surface area contributed by atoms with E-state index in [2.05, 4.69) is 10.6 Å². The lowest BCUT2D eigenvalue weighted by Crippen LogP contribution is -2.70. The molecule has 0 aliphatic heterocycles. The highest BCUT2D eigenvalue weighted by atomic mass is 32.1. The highest BCUT2D eigenvalue weighted by Crippen LogP contribution is 2.56. The summed E-state index contributed by atoms with van der Waals surface area (Å²) in [5, 5.41) is 63.0. The fraction of sp³-hybridized carbons (Fsp3) is 0.481. The maximum absolute atomic E-state index is 14.0. The Bertz CT molecular complexity index is 1410. The van der Waals surface area contributed by atoms with E-state index in [1.807, 2.05) is 20.8 Å². The zero-order valence-electron chi connectivity index (χ0n) is 22.9. The number of amides is 1. The Hall–Kier alpha value is -3.52. The van der Waals surface area contributed by atoms with Gasteiger partial charge in [-0.25, -0.2) is 0 Å². The van der Waals surface area contributed by atoms with Crippen molar-refractivity contribution in [1.29, 1.82) is 0 Å². The third-order valence-electron chi connectivity index (χ3n) is 7.87. The topological polar surface area (TPSA) is 206 Å². The van der Waals surface area contributed by atoms with Gasteiger partial charge in [0.05, 0.1) is 29.3 Å². The number of ketones is 2. The highest BCUT2D eigenvalue weighted by molar-refractivity contribution is 7.80. The summed E-state index contributed by atoms with van der Waals surface area (Å²) in [5.41, 5.74) is 0.939. The molecule has 9 N–H and O–H groups in total. The molecule has 1 saturated carbocycles. The number of aromatic hydroxyl groups is 1. The molecule has 0 bridgehead atoms. The maximum Gasteiger partial charge on any atom is 0.255 e. The average Bonchev–Trinajstić information content (AvgIpc) is 2.81. The van der Waals surface area contributed by atoms with Crippen LogP contribution in [0.4, 0.5) is 5.69 Å². The second-order valence-corrected chi connectivity index (χ2v) is 12.2. The molecule has 6 atom stereocenters. The lowest BCUT2D eigenvalue weighted by atomic mass is 9.54. The summed E-state index contributed by atoms with van der Waals surface area (Å²) < 4.78 is 0. The monoisotopic (exact) mass is 574 g/mol. The third kappa shape index (κ3) is 4.15. The van der Waals surface area contributed by atoms with Gasteiger partial charge in [0.2, 0.25) is 5.78 Å². The number of anilines is 1. The summed E-state index contributed by atoms with van der Waals surface area (Å²) in [4.78, 5) is 40.7. The second kappa shape index (κ2) is 9.54. The molecule has 0 radical (unpaired) electrons. The normalized spacial score (nSPS) is 30.1. The number of rotatable bonds is 3. The first-order valence-corrected chi connectivity index (χ1v) is 13.0. The Morgan fingerprint density at radius 2 is 1.75 bits per heavy atom. The van der Waals surface area contributed by atoms with Crippen molar-refractivity contribution in [1.82, 2.24) is 10.2 Å². The van der Waals surface area contributed by atoms with E-state index in [9.17, 15) is 39.9 Å². The molecule has 3 aliphatic rings. The van der Waals surface area contributed by atoms with Crippen LogP contribution >= 0.6 is 12.2 Å². The van der Waals surface area contributed by atoms with Crippen LogP contribution in [0.15, 0.2) is 29.0 Å². The van der Waals surface area contributed by atoms with E-state index in [0.29, 0.717) is 5.56 Å². The number of aliphatic hydroxyl groups excluding tert-OH is 3. The lowest BCUT2D eigenvalue weighted by Gasteiger charge is -2.53. The molecule has 13 heteroatoms. The largest absolute Gasteiger partial charge is 0.508 e. The SMILES string of the molecule is C[C@H]1c2ccc(NC(=S)NC(C)(C)C)c(O)c2C(O)=C2C(=O)[C@]3(O)C(O)=C(C(N)=O)C(=O)[C@@H](N(C)C)C3C(O)C21. The molecular weight excluding hydrogens is 540 g/mol. The van der Waals surface area contributed by atoms with Gasteiger partial charge in [-0.3, -0.25) is 19.3 Å². The zero-order valence-corrected chi connectivity index (χ0v) is 23.8. The number of aliphatic hydroxyl groups is 4. The Balaban J connectivity index is 1.93. The lowest BCUT2D eigenvalue weighted by molar-refractivity contribution is -0.169. The molecule has 3 unspecified atom stereocenters. The molecule has 4 rings (SSSR count). The van der Waals surface area contributed by atoms with Crippen LogP contribution in [-0.4, -0.2) is 90.4 Å². The van der Waals surface area contributed by atoms with Gasteiger partial charge in [-0.05, 0) is 64.6 Å². The third-order valence-corrected chi connectivity index (χ3v) is 8.07. The van der Waals surface area contributed by atoms with Gasteiger partial charge in [0.1, 0.15) is 22.8 Å². The van der Waals surface area contributed by atoms with E-state index >= 15 is 0 Å². The van der Waals surface area contributed by atoms with Crippen molar-refractivity contribution in [2.45, 2.75) is 56.9 Å². The molecule has 1 fully saturated rings. The number of primary amides is 1. The van der Waals surface area contributed by atoms with Crippen LogP contribution in [0, 0.1) is 11.8 Å². The zero-order chi connectivity index (χ0) is 30.2. The molecule has 1 aromatic carbocycles. The molecular formula is C27H34N4O8S. The Morgan fingerprint density at radius 1 is 1.15 bits per heavy atom. The summed E-state index contributed by atoms with van der Waals surface area (Å²) >= 11 is 5.31. The number of nitrogens with two attached hydrogens (primary N) is 1. The van der Waals surface area contributed by atoms with E-state index in [1.54, 1.807) is 13.0 Å². The minimum Gasteiger partial charge on any atom is -0.508 e.